The summed E-state index contributed by atoms with van der Waals surface area (Å²) in [5.41, 5.74) is 0.288. The molecule has 17 heavy (non-hydrogen) atoms. The van der Waals surface area contributed by atoms with E-state index in [1.807, 2.05) is 0 Å². The van der Waals surface area contributed by atoms with E-state index in [0.29, 0.717) is 6.41 Å². The van der Waals surface area contributed by atoms with Gasteiger partial charge in [0, 0.05) is 6.04 Å². The van der Waals surface area contributed by atoms with Crippen LogP contribution in [-0.4, -0.2) is 28.4 Å². The molecular weight excluding hydrogens is 225 g/mol. The highest BCUT2D eigenvalue weighted by Gasteiger charge is 2.37. The second kappa shape index (κ2) is 4.53. The number of carboxylic acid groups (broad SMARTS) is 1. The largest absolute Gasteiger partial charge is 0.479 e. The van der Waals surface area contributed by atoms with E-state index in [1.165, 1.54) is 23.1 Å². The zero-order valence-electron chi connectivity index (χ0n) is 9.04. The van der Waals surface area contributed by atoms with Gasteiger partial charge in [-0.05, 0) is 30.5 Å². The molecule has 0 saturated heterocycles. The SMILES string of the molecule is O=CN(C1CC1)C(C(=O)O)c1cccc(F)c1. The zero-order valence-corrected chi connectivity index (χ0v) is 9.04. The summed E-state index contributed by atoms with van der Waals surface area (Å²) in [6.45, 7) is 0. The molecule has 1 aliphatic carbocycles. The lowest BCUT2D eigenvalue weighted by Gasteiger charge is -2.25. The first-order valence-corrected chi connectivity index (χ1v) is 5.34. The minimum Gasteiger partial charge on any atom is -0.479 e. The minimum atomic E-state index is -1.14. The molecule has 0 aliphatic heterocycles. The number of hydrogen-bond acceptors (Lipinski definition) is 2. The minimum absolute atomic E-state index is 0.0307. The maximum Gasteiger partial charge on any atom is 0.331 e. The molecule has 1 aromatic carbocycles. The maximum absolute atomic E-state index is 13.1. The molecule has 0 heterocycles. The van der Waals surface area contributed by atoms with Gasteiger partial charge in [0.1, 0.15) is 5.82 Å². The van der Waals surface area contributed by atoms with Gasteiger partial charge in [0.15, 0.2) is 6.04 Å². The first-order valence-electron chi connectivity index (χ1n) is 5.34. The van der Waals surface area contributed by atoms with Crippen molar-refractivity contribution in [3.63, 3.8) is 0 Å². The topological polar surface area (TPSA) is 57.6 Å². The Morgan fingerprint density at radius 3 is 2.71 bits per heavy atom. The van der Waals surface area contributed by atoms with Crippen molar-refractivity contribution >= 4 is 12.4 Å². The molecule has 0 bridgehead atoms. The van der Waals surface area contributed by atoms with Crippen LogP contribution in [0, 0.1) is 5.82 Å². The fraction of sp³-hybridized carbons (Fsp3) is 0.333. The van der Waals surface area contributed by atoms with Crippen LogP contribution < -0.4 is 0 Å². The Morgan fingerprint density at radius 2 is 2.24 bits per heavy atom. The van der Waals surface area contributed by atoms with E-state index in [4.69, 9.17) is 0 Å². The average Bonchev–Trinajstić information content (AvgIpc) is 3.08. The Balaban J connectivity index is 2.33. The van der Waals surface area contributed by atoms with Crippen LogP contribution in [0.2, 0.25) is 0 Å². The van der Waals surface area contributed by atoms with Crippen LogP contribution in [-0.2, 0) is 9.59 Å². The van der Waals surface area contributed by atoms with Crippen LogP contribution in [0.25, 0.3) is 0 Å². The number of halogens is 1. The summed E-state index contributed by atoms with van der Waals surface area (Å²) in [4.78, 5) is 23.4. The van der Waals surface area contributed by atoms with Crippen molar-refractivity contribution < 1.29 is 19.1 Å². The molecular formula is C12H12FNO3. The lowest BCUT2D eigenvalue weighted by atomic mass is 10.1. The number of hydrogen-bond donors (Lipinski definition) is 1. The quantitative estimate of drug-likeness (QED) is 0.791. The zero-order chi connectivity index (χ0) is 12.4. The number of carboxylic acids is 1. The smallest absolute Gasteiger partial charge is 0.331 e. The van der Waals surface area contributed by atoms with Gasteiger partial charge in [0.2, 0.25) is 6.41 Å². The molecule has 5 heteroatoms. The van der Waals surface area contributed by atoms with Gasteiger partial charge in [-0.3, -0.25) is 4.79 Å². The lowest BCUT2D eigenvalue weighted by molar-refractivity contribution is -0.147. The molecule has 1 unspecified atom stereocenters. The molecule has 1 amide bonds. The highest BCUT2D eigenvalue weighted by atomic mass is 19.1. The Labute approximate surface area is 97.7 Å². The molecule has 90 valence electrons. The van der Waals surface area contributed by atoms with Gasteiger partial charge >= 0.3 is 5.97 Å². The van der Waals surface area contributed by atoms with Crippen molar-refractivity contribution in [2.75, 3.05) is 0 Å². The molecule has 1 atom stereocenters. The van der Waals surface area contributed by atoms with Crippen LogP contribution in [0.15, 0.2) is 24.3 Å². The molecule has 1 saturated carbocycles. The lowest BCUT2D eigenvalue weighted by Crippen LogP contribution is -2.34. The van der Waals surface area contributed by atoms with E-state index >= 15 is 0 Å². The summed E-state index contributed by atoms with van der Waals surface area (Å²) < 4.78 is 13.1. The summed E-state index contributed by atoms with van der Waals surface area (Å²) >= 11 is 0. The molecule has 1 fully saturated rings. The third kappa shape index (κ3) is 2.43. The molecule has 1 N–H and O–H groups in total. The van der Waals surface area contributed by atoms with Gasteiger partial charge in [-0.15, -0.1) is 0 Å². The monoisotopic (exact) mass is 237 g/mol. The van der Waals surface area contributed by atoms with Gasteiger partial charge < -0.3 is 10.0 Å². The van der Waals surface area contributed by atoms with E-state index in [2.05, 4.69) is 0 Å². The Kier molecular flexibility index (Phi) is 3.08. The molecule has 4 nitrogen and oxygen atoms in total. The van der Waals surface area contributed by atoms with Crippen molar-refractivity contribution in [2.24, 2.45) is 0 Å². The Hall–Kier alpha value is -1.91. The van der Waals surface area contributed by atoms with Crippen molar-refractivity contribution in [3.05, 3.63) is 35.6 Å². The average molecular weight is 237 g/mol. The number of nitrogens with zero attached hydrogens (tertiary/aromatic N) is 1. The highest BCUT2D eigenvalue weighted by molar-refractivity contribution is 5.78. The van der Waals surface area contributed by atoms with Gasteiger partial charge in [0.25, 0.3) is 0 Å². The predicted molar refractivity (Wildman–Crippen MR) is 57.7 cm³/mol. The molecule has 0 radical (unpaired) electrons. The number of aliphatic carboxylic acids is 1. The van der Waals surface area contributed by atoms with Crippen LogP contribution >= 0.6 is 0 Å². The number of carbonyl (C=O) groups excluding carboxylic acids is 1. The van der Waals surface area contributed by atoms with E-state index in [-0.39, 0.29) is 11.6 Å². The third-order valence-electron chi connectivity index (χ3n) is 2.79. The predicted octanol–water partition coefficient (Wildman–Crippen LogP) is 1.57. The number of amides is 1. The fourth-order valence-corrected chi connectivity index (χ4v) is 1.85. The number of rotatable bonds is 5. The molecule has 1 aromatic rings. The first-order chi connectivity index (χ1) is 8.13. The number of benzene rings is 1. The second-order valence-electron chi connectivity index (χ2n) is 4.08. The van der Waals surface area contributed by atoms with Crippen molar-refractivity contribution in [1.82, 2.24) is 4.90 Å². The second-order valence-corrected chi connectivity index (χ2v) is 4.08. The molecule has 0 aromatic heterocycles. The summed E-state index contributed by atoms with van der Waals surface area (Å²) in [7, 11) is 0. The van der Waals surface area contributed by atoms with Gasteiger partial charge in [0.05, 0.1) is 0 Å². The Bertz CT molecular complexity index is 445. The van der Waals surface area contributed by atoms with Crippen molar-refractivity contribution in [3.8, 4) is 0 Å². The normalized spacial score (nSPS) is 16.3. The third-order valence-corrected chi connectivity index (χ3v) is 2.79. The summed E-state index contributed by atoms with van der Waals surface area (Å²) in [5, 5.41) is 9.17. The van der Waals surface area contributed by atoms with Crippen molar-refractivity contribution in [2.45, 2.75) is 24.9 Å². The first kappa shape index (κ1) is 11.6. The molecule has 2 rings (SSSR count). The van der Waals surface area contributed by atoms with Crippen LogP contribution in [0.5, 0.6) is 0 Å². The Morgan fingerprint density at radius 1 is 1.53 bits per heavy atom. The van der Waals surface area contributed by atoms with Gasteiger partial charge in [-0.25, -0.2) is 9.18 Å². The highest BCUT2D eigenvalue weighted by Crippen LogP contribution is 2.33. The maximum atomic E-state index is 13.1. The van der Waals surface area contributed by atoms with Gasteiger partial charge in [-0.1, -0.05) is 12.1 Å². The van der Waals surface area contributed by atoms with Crippen LogP contribution in [0.1, 0.15) is 24.4 Å². The van der Waals surface area contributed by atoms with E-state index in [1.54, 1.807) is 0 Å². The van der Waals surface area contributed by atoms with Crippen LogP contribution in [0.3, 0.4) is 0 Å². The van der Waals surface area contributed by atoms with E-state index in [9.17, 15) is 19.1 Å². The standard InChI is InChI=1S/C12H12FNO3/c13-9-3-1-2-8(6-9)11(12(16)17)14(7-15)10-4-5-10/h1-3,6-7,10-11H,4-5H2,(H,16,17). The van der Waals surface area contributed by atoms with Gasteiger partial charge in [-0.2, -0.15) is 0 Å². The van der Waals surface area contributed by atoms with E-state index in [0.717, 1.165) is 18.9 Å². The molecule has 1 aliphatic rings. The fourth-order valence-electron chi connectivity index (χ4n) is 1.85. The summed E-state index contributed by atoms with van der Waals surface area (Å²) in [5.74, 6) is -1.65. The van der Waals surface area contributed by atoms with Crippen LogP contribution in [0.4, 0.5) is 4.39 Å². The summed E-state index contributed by atoms with van der Waals surface area (Å²) in [6, 6.07) is 4.22. The molecule has 0 spiro atoms. The number of carbonyl (C=O) groups is 2. The summed E-state index contributed by atoms with van der Waals surface area (Å²) in [6.07, 6.45) is 2.14. The van der Waals surface area contributed by atoms with Crippen molar-refractivity contribution in [1.29, 1.82) is 0 Å². The van der Waals surface area contributed by atoms with E-state index < -0.39 is 17.8 Å².